The molecule has 1 amide bonds. The largest absolute Gasteiger partial charge is 0.269 e. The van der Waals surface area contributed by atoms with Gasteiger partial charge < -0.3 is 0 Å². The normalized spacial score (nSPS) is 11.7. The summed E-state index contributed by atoms with van der Waals surface area (Å²) in [5.41, 5.74) is 0.392. The van der Waals surface area contributed by atoms with Crippen LogP contribution in [0.2, 0.25) is 0 Å². The number of rotatable bonds is 5. The molecule has 2 aromatic rings. The lowest BCUT2D eigenvalue weighted by Gasteiger charge is -2.04. The van der Waals surface area contributed by atoms with Crippen LogP contribution in [0.15, 0.2) is 36.5 Å². The molecule has 0 saturated heterocycles. The van der Waals surface area contributed by atoms with Gasteiger partial charge in [0.05, 0.1) is 10.8 Å². The number of aryl methyl sites for hydroxylation is 1. The Morgan fingerprint density at radius 2 is 2.05 bits per heavy atom. The number of aromatic nitrogens is 1. The smallest absolute Gasteiger partial charge is 0.257 e. The molecule has 1 aromatic heterocycles. The van der Waals surface area contributed by atoms with Crippen molar-refractivity contribution in [1.82, 2.24) is 9.71 Å². The van der Waals surface area contributed by atoms with Crippen molar-refractivity contribution < 1.29 is 17.6 Å². The Labute approximate surface area is 131 Å². The third kappa shape index (κ3) is 5.05. The van der Waals surface area contributed by atoms with E-state index in [0.29, 0.717) is 5.56 Å². The van der Waals surface area contributed by atoms with Crippen molar-refractivity contribution in [3.63, 3.8) is 0 Å². The van der Waals surface area contributed by atoms with Gasteiger partial charge in [0, 0.05) is 17.2 Å². The molecular weight excluding hydrogens is 327 g/mol. The fourth-order valence-electron chi connectivity index (χ4n) is 1.64. The predicted molar refractivity (Wildman–Crippen MR) is 83.1 cm³/mol. The molecule has 0 unspecified atom stereocenters. The van der Waals surface area contributed by atoms with Crippen molar-refractivity contribution in [3.05, 3.63) is 57.8 Å². The van der Waals surface area contributed by atoms with Crippen LogP contribution in [-0.2, 0) is 20.6 Å². The predicted octanol–water partition coefficient (Wildman–Crippen LogP) is 2.25. The summed E-state index contributed by atoms with van der Waals surface area (Å²) >= 11 is 1.39. The Hall–Kier alpha value is -2.06. The summed E-state index contributed by atoms with van der Waals surface area (Å²) in [6.07, 6.45) is 4.22. The number of hydrogen-bond acceptors (Lipinski definition) is 5. The molecule has 0 radical (unpaired) electrons. The molecule has 1 N–H and O–H groups in total. The van der Waals surface area contributed by atoms with E-state index < -0.39 is 27.5 Å². The Kier molecular flexibility index (Phi) is 5.04. The minimum absolute atomic E-state index is 0.392. The summed E-state index contributed by atoms with van der Waals surface area (Å²) in [7, 11) is -3.83. The first-order chi connectivity index (χ1) is 10.3. The topological polar surface area (TPSA) is 76.1 Å². The molecule has 0 aliphatic carbocycles. The highest BCUT2D eigenvalue weighted by molar-refractivity contribution is 7.89. The summed E-state index contributed by atoms with van der Waals surface area (Å²) in [5.74, 6) is -1.59. The van der Waals surface area contributed by atoms with E-state index >= 15 is 0 Å². The number of nitrogens with one attached hydrogen (secondary N) is 1. The monoisotopic (exact) mass is 340 g/mol. The standard InChI is InChI=1S/C14H13FN2O3S2/c1-10-16-8-13(21-10)6-7-14(18)17-22(19,20)9-11-2-4-12(15)5-3-11/h2-8H,9H2,1H3,(H,17,18)/b7-6+. The number of sulfonamides is 1. The number of carbonyl (C=O) groups is 1. The van der Waals surface area contributed by atoms with Gasteiger partial charge in [-0.15, -0.1) is 11.3 Å². The van der Waals surface area contributed by atoms with E-state index in [1.807, 2.05) is 11.6 Å². The zero-order chi connectivity index (χ0) is 16.2. The van der Waals surface area contributed by atoms with Crippen molar-refractivity contribution in [3.8, 4) is 0 Å². The van der Waals surface area contributed by atoms with Crippen LogP contribution in [0.3, 0.4) is 0 Å². The van der Waals surface area contributed by atoms with Crippen LogP contribution < -0.4 is 4.72 Å². The van der Waals surface area contributed by atoms with Gasteiger partial charge in [-0.25, -0.2) is 22.5 Å². The molecule has 2 rings (SSSR count). The van der Waals surface area contributed by atoms with Crippen molar-refractivity contribution in [1.29, 1.82) is 0 Å². The van der Waals surface area contributed by atoms with Crippen LogP contribution in [0.5, 0.6) is 0 Å². The zero-order valence-corrected chi connectivity index (χ0v) is 13.2. The van der Waals surface area contributed by atoms with Crippen molar-refractivity contribution in [2.24, 2.45) is 0 Å². The molecule has 0 saturated carbocycles. The van der Waals surface area contributed by atoms with E-state index in [4.69, 9.17) is 0 Å². The van der Waals surface area contributed by atoms with Crippen LogP contribution >= 0.6 is 11.3 Å². The quantitative estimate of drug-likeness (QED) is 0.847. The van der Waals surface area contributed by atoms with Gasteiger partial charge in [-0.05, 0) is 30.7 Å². The second-order valence-corrected chi connectivity index (χ2v) is 7.46. The highest BCUT2D eigenvalue weighted by Crippen LogP contribution is 2.13. The maximum Gasteiger partial charge on any atom is 0.257 e. The molecule has 1 aromatic carbocycles. The van der Waals surface area contributed by atoms with Gasteiger partial charge in [-0.1, -0.05) is 12.1 Å². The van der Waals surface area contributed by atoms with Gasteiger partial charge in [-0.3, -0.25) is 4.79 Å². The summed E-state index contributed by atoms with van der Waals surface area (Å²) in [6, 6.07) is 5.04. The number of benzene rings is 1. The highest BCUT2D eigenvalue weighted by atomic mass is 32.2. The molecule has 0 spiro atoms. The molecule has 0 aliphatic rings. The van der Waals surface area contributed by atoms with Crippen LogP contribution in [-0.4, -0.2) is 19.3 Å². The lowest BCUT2D eigenvalue weighted by molar-refractivity contribution is -0.114. The second-order valence-electron chi connectivity index (χ2n) is 4.47. The maximum absolute atomic E-state index is 12.8. The maximum atomic E-state index is 12.8. The Morgan fingerprint density at radius 1 is 1.36 bits per heavy atom. The van der Waals surface area contributed by atoms with Crippen molar-refractivity contribution >= 4 is 33.3 Å². The molecule has 0 fully saturated rings. The molecular formula is C14H13FN2O3S2. The third-order valence-corrected chi connectivity index (χ3v) is 4.67. The van der Waals surface area contributed by atoms with E-state index in [-0.39, 0.29) is 0 Å². The number of thiazole rings is 1. The van der Waals surface area contributed by atoms with Gasteiger partial charge in [0.25, 0.3) is 5.91 Å². The first-order valence-electron chi connectivity index (χ1n) is 6.23. The molecule has 0 atom stereocenters. The average molecular weight is 340 g/mol. The van der Waals surface area contributed by atoms with Gasteiger partial charge in [0.2, 0.25) is 10.0 Å². The average Bonchev–Trinajstić information content (AvgIpc) is 2.84. The van der Waals surface area contributed by atoms with E-state index in [1.54, 1.807) is 6.20 Å². The summed E-state index contributed by atoms with van der Waals surface area (Å²) in [4.78, 5) is 16.4. The van der Waals surface area contributed by atoms with Gasteiger partial charge in [0.1, 0.15) is 5.82 Å². The Balaban J connectivity index is 1.97. The molecule has 0 bridgehead atoms. The molecule has 22 heavy (non-hydrogen) atoms. The molecule has 8 heteroatoms. The highest BCUT2D eigenvalue weighted by Gasteiger charge is 2.14. The van der Waals surface area contributed by atoms with Crippen molar-refractivity contribution in [2.45, 2.75) is 12.7 Å². The number of nitrogens with zero attached hydrogens (tertiary/aromatic N) is 1. The van der Waals surface area contributed by atoms with Crippen LogP contribution in [0.4, 0.5) is 4.39 Å². The fourth-order valence-corrected chi connectivity index (χ4v) is 3.40. The second kappa shape index (κ2) is 6.80. The van der Waals surface area contributed by atoms with E-state index in [0.717, 1.165) is 16.0 Å². The minimum atomic E-state index is -3.83. The number of carbonyl (C=O) groups excluding carboxylic acids is 1. The molecule has 5 nitrogen and oxygen atoms in total. The number of hydrogen-bond donors (Lipinski definition) is 1. The molecule has 0 aliphatic heterocycles. The van der Waals surface area contributed by atoms with E-state index in [1.165, 1.54) is 41.7 Å². The Morgan fingerprint density at radius 3 is 2.64 bits per heavy atom. The van der Waals surface area contributed by atoms with Crippen LogP contribution in [0.25, 0.3) is 6.08 Å². The lowest BCUT2D eigenvalue weighted by atomic mass is 10.2. The van der Waals surface area contributed by atoms with E-state index in [9.17, 15) is 17.6 Å². The lowest BCUT2D eigenvalue weighted by Crippen LogP contribution is -2.30. The summed E-state index contributed by atoms with van der Waals surface area (Å²) in [5, 5.41) is 0.851. The third-order valence-electron chi connectivity index (χ3n) is 2.56. The molecule has 116 valence electrons. The first kappa shape index (κ1) is 16.3. The zero-order valence-electron chi connectivity index (χ0n) is 11.6. The summed E-state index contributed by atoms with van der Waals surface area (Å²) < 4.78 is 38.4. The van der Waals surface area contributed by atoms with Crippen molar-refractivity contribution in [2.75, 3.05) is 0 Å². The fraction of sp³-hybridized carbons (Fsp3) is 0.143. The van der Waals surface area contributed by atoms with Gasteiger partial charge in [-0.2, -0.15) is 0 Å². The first-order valence-corrected chi connectivity index (χ1v) is 8.70. The molecule has 1 heterocycles. The minimum Gasteiger partial charge on any atom is -0.269 e. The van der Waals surface area contributed by atoms with Crippen LogP contribution in [0.1, 0.15) is 15.4 Å². The Bertz CT molecular complexity index is 796. The van der Waals surface area contributed by atoms with Crippen LogP contribution in [0, 0.1) is 12.7 Å². The van der Waals surface area contributed by atoms with Gasteiger partial charge in [0.15, 0.2) is 0 Å². The number of amides is 1. The van der Waals surface area contributed by atoms with Gasteiger partial charge >= 0.3 is 0 Å². The SMILES string of the molecule is Cc1ncc(/C=C/C(=O)NS(=O)(=O)Cc2ccc(F)cc2)s1. The summed E-state index contributed by atoms with van der Waals surface area (Å²) in [6.45, 7) is 1.83. The number of halogens is 1. The van der Waals surface area contributed by atoms with E-state index in [2.05, 4.69) is 4.98 Å².